The molecule has 1 aliphatic rings. The first-order chi connectivity index (χ1) is 11.5. The molecule has 3 rings (SSSR count). The zero-order valence-electron chi connectivity index (χ0n) is 14.3. The molecule has 2 heterocycles. The van der Waals surface area contributed by atoms with Gasteiger partial charge in [0.25, 0.3) is 5.56 Å². The minimum absolute atomic E-state index is 0.0421. The molecule has 2 aromatic rings. The van der Waals surface area contributed by atoms with Crippen LogP contribution in [0, 0.1) is 5.92 Å². The van der Waals surface area contributed by atoms with Crippen molar-refractivity contribution < 1.29 is 4.79 Å². The number of amides is 1. The molecular weight excluding hydrogens is 342 g/mol. The Morgan fingerprint density at radius 3 is 2.83 bits per heavy atom. The molecular formula is C17H23N3O2S2. The monoisotopic (exact) mass is 365 g/mol. The number of thioether (sulfide) groups is 1. The molecule has 7 heteroatoms. The van der Waals surface area contributed by atoms with Crippen LogP contribution in [0.3, 0.4) is 0 Å². The SMILES string of the molecule is CC1CCC(N(C)C(=O)CSc2nc3ccsc3c(=O)n2C)CC1. The van der Waals surface area contributed by atoms with Crippen molar-refractivity contribution in [1.29, 1.82) is 0 Å². The Morgan fingerprint density at radius 2 is 2.12 bits per heavy atom. The van der Waals surface area contributed by atoms with Gasteiger partial charge in [-0.15, -0.1) is 11.3 Å². The molecule has 1 fully saturated rings. The van der Waals surface area contributed by atoms with Crippen LogP contribution in [0.1, 0.15) is 32.6 Å². The number of carbonyl (C=O) groups is 1. The van der Waals surface area contributed by atoms with Gasteiger partial charge in [0.1, 0.15) is 4.70 Å². The van der Waals surface area contributed by atoms with Crippen LogP contribution in [0.2, 0.25) is 0 Å². The van der Waals surface area contributed by atoms with Crippen molar-refractivity contribution in [3.8, 4) is 0 Å². The third-order valence-corrected chi connectivity index (χ3v) is 6.80. The molecule has 0 bridgehead atoms. The lowest BCUT2D eigenvalue weighted by Crippen LogP contribution is -2.40. The Labute approximate surface area is 150 Å². The Kier molecular flexibility index (Phi) is 5.30. The van der Waals surface area contributed by atoms with Gasteiger partial charge in [0.05, 0.1) is 11.3 Å². The molecule has 0 atom stereocenters. The molecule has 1 saturated carbocycles. The highest BCUT2D eigenvalue weighted by Gasteiger charge is 2.25. The minimum atomic E-state index is -0.0421. The predicted molar refractivity (Wildman–Crippen MR) is 99.8 cm³/mol. The molecule has 0 unspecified atom stereocenters. The van der Waals surface area contributed by atoms with Crippen LogP contribution in [0.5, 0.6) is 0 Å². The Balaban J connectivity index is 1.66. The summed E-state index contributed by atoms with van der Waals surface area (Å²) in [4.78, 5) is 31.2. The van der Waals surface area contributed by atoms with Gasteiger partial charge in [-0.1, -0.05) is 18.7 Å². The molecule has 130 valence electrons. The predicted octanol–water partition coefficient (Wildman–Crippen LogP) is 3.12. The van der Waals surface area contributed by atoms with E-state index in [-0.39, 0.29) is 11.5 Å². The van der Waals surface area contributed by atoms with Crippen molar-refractivity contribution in [3.05, 3.63) is 21.8 Å². The fourth-order valence-corrected chi connectivity index (χ4v) is 4.86. The van der Waals surface area contributed by atoms with Crippen LogP contribution in [-0.2, 0) is 11.8 Å². The summed E-state index contributed by atoms with van der Waals surface area (Å²) >= 11 is 2.75. The third kappa shape index (κ3) is 3.52. The van der Waals surface area contributed by atoms with Crippen LogP contribution < -0.4 is 5.56 Å². The molecule has 0 aliphatic heterocycles. The molecule has 1 aliphatic carbocycles. The number of carbonyl (C=O) groups excluding carboxylic acids is 1. The maximum atomic E-state index is 12.5. The van der Waals surface area contributed by atoms with E-state index in [1.165, 1.54) is 35.9 Å². The second-order valence-corrected chi connectivity index (χ2v) is 8.46. The summed E-state index contributed by atoms with van der Waals surface area (Å²) in [6.45, 7) is 2.28. The fraction of sp³-hybridized carbons (Fsp3) is 0.588. The fourth-order valence-electron chi connectivity index (χ4n) is 3.16. The van der Waals surface area contributed by atoms with E-state index in [1.807, 2.05) is 23.4 Å². The van der Waals surface area contributed by atoms with Crippen LogP contribution in [0.15, 0.2) is 21.4 Å². The number of hydrogen-bond donors (Lipinski definition) is 0. The van der Waals surface area contributed by atoms with Gasteiger partial charge in [0.15, 0.2) is 5.16 Å². The molecule has 0 spiro atoms. The average Bonchev–Trinajstić information content (AvgIpc) is 3.05. The Hall–Kier alpha value is -1.34. The third-order valence-electron chi connectivity index (χ3n) is 4.90. The van der Waals surface area contributed by atoms with E-state index in [2.05, 4.69) is 11.9 Å². The van der Waals surface area contributed by atoms with E-state index < -0.39 is 0 Å². The van der Waals surface area contributed by atoms with Crippen LogP contribution >= 0.6 is 23.1 Å². The normalized spacial score (nSPS) is 21.1. The van der Waals surface area contributed by atoms with E-state index >= 15 is 0 Å². The lowest BCUT2D eigenvalue weighted by atomic mass is 9.87. The summed E-state index contributed by atoms with van der Waals surface area (Å²) in [5, 5.41) is 2.47. The summed E-state index contributed by atoms with van der Waals surface area (Å²) in [5.41, 5.74) is 0.673. The molecule has 0 saturated heterocycles. The lowest BCUT2D eigenvalue weighted by Gasteiger charge is -2.33. The van der Waals surface area contributed by atoms with E-state index in [9.17, 15) is 9.59 Å². The number of thiophene rings is 1. The second-order valence-electron chi connectivity index (χ2n) is 6.60. The molecule has 5 nitrogen and oxygen atoms in total. The Morgan fingerprint density at radius 1 is 1.42 bits per heavy atom. The van der Waals surface area contributed by atoms with E-state index in [0.29, 0.717) is 27.2 Å². The molecule has 0 aromatic carbocycles. The number of aromatic nitrogens is 2. The lowest BCUT2D eigenvalue weighted by molar-refractivity contribution is -0.129. The number of hydrogen-bond acceptors (Lipinski definition) is 5. The summed E-state index contributed by atoms with van der Waals surface area (Å²) in [7, 11) is 3.62. The molecule has 0 N–H and O–H groups in total. The van der Waals surface area contributed by atoms with Crippen molar-refractivity contribution in [1.82, 2.24) is 14.5 Å². The van der Waals surface area contributed by atoms with Gasteiger partial charge in [-0.3, -0.25) is 14.2 Å². The van der Waals surface area contributed by atoms with E-state index in [0.717, 1.165) is 18.8 Å². The zero-order chi connectivity index (χ0) is 17.3. The van der Waals surface area contributed by atoms with Crippen molar-refractivity contribution in [2.24, 2.45) is 13.0 Å². The van der Waals surface area contributed by atoms with Crippen molar-refractivity contribution >= 4 is 39.2 Å². The zero-order valence-corrected chi connectivity index (χ0v) is 16.0. The van der Waals surface area contributed by atoms with E-state index in [4.69, 9.17) is 0 Å². The maximum absolute atomic E-state index is 12.5. The van der Waals surface area contributed by atoms with Crippen LogP contribution in [0.25, 0.3) is 10.2 Å². The molecule has 1 amide bonds. The molecule has 2 aromatic heterocycles. The highest BCUT2D eigenvalue weighted by Crippen LogP contribution is 2.27. The number of rotatable bonds is 4. The van der Waals surface area contributed by atoms with Gasteiger partial charge < -0.3 is 4.90 Å². The van der Waals surface area contributed by atoms with Crippen molar-refractivity contribution in [2.75, 3.05) is 12.8 Å². The average molecular weight is 366 g/mol. The quantitative estimate of drug-likeness (QED) is 0.617. The van der Waals surface area contributed by atoms with Gasteiger partial charge >= 0.3 is 0 Å². The van der Waals surface area contributed by atoms with Crippen molar-refractivity contribution in [2.45, 2.75) is 43.8 Å². The van der Waals surface area contributed by atoms with Gasteiger partial charge in [-0.05, 0) is 43.0 Å². The first kappa shape index (κ1) is 17.5. The van der Waals surface area contributed by atoms with Crippen LogP contribution in [-0.4, -0.2) is 39.2 Å². The minimum Gasteiger partial charge on any atom is -0.342 e. The highest BCUT2D eigenvalue weighted by molar-refractivity contribution is 7.99. The summed E-state index contributed by atoms with van der Waals surface area (Å²) in [6, 6.07) is 2.20. The largest absolute Gasteiger partial charge is 0.342 e. The number of fused-ring (bicyclic) bond motifs is 1. The van der Waals surface area contributed by atoms with Gasteiger partial charge in [-0.2, -0.15) is 0 Å². The van der Waals surface area contributed by atoms with Crippen molar-refractivity contribution in [3.63, 3.8) is 0 Å². The maximum Gasteiger partial charge on any atom is 0.271 e. The second kappa shape index (κ2) is 7.27. The van der Waals surface area contributed by atoms with Gasteiger partial charge in [0, 0.05) is 20.1 Å². The van der Waals surface area contributed by atoms with E-state index in [1.54, 1.807) is 11.6 Å². The highest BCUT2D eigenvalue weighted by atomic mass is 32.2. The summed E-state index contributed by atoms with van der Waals surface area (Å²) in [6.07, 6.45) is 4.57. The topological polar surface area (TPSA) is 55.2 Å². The summed E-state index contributed by atoms with van der Waals surface area (Å²) < 4.78 is 2.21. The smallest absolute Gasteiger partial charge is 0.271 e. The molecule has 0 radical (unpaired) electrons. The van der Waals surface area contributed by atoms with Gasteiger partial charge in [-0.25, -0.2) is 4.98 Å². The van der Waals surface area contributed by atoms with Gasteiger partial charge in [0.2, 0.25) is 5.91 Å². The summed E-state index contributed by atoms with van der Waals surface area (Å²) in [5.74, 6) is 1.20. The Bertz CT molecular complexity index is 791. The first-order valence-electron chi connectivity index (χ1n) is 8.30. The van der Waals surface area contributed by atoms with Crippen LogP contribution in [0.4, 0.5) is 0 Å². The standard InChI is InChI=1S/C17H23N3O2S2/c1-11-4-6-12(7-5-11)19(2)14(21)10-24-17-18-13-8-9-23-15(13)16(22)20(17)3/h8-9,11-12H,4-7,10H2,1-3H3. The molecule has 24 heavy (non-hydrogen) atoms. The number of nitrogens with zero attached hydrogens (tertiary/aromatic N) is 3. The first-order valence-corrected chi connectivity index (χ1v) is 10.2.